The Labute approximate surface area is 74.0 Å². The summed E-state index contributed by atoms with van der Waals surface area (Å²) >= 11 is 0. The molecule has 0 fully saturated rings. The van der Waals surface area contributed by atoms with Gasteiger partial charge in [-0.2, -0.15) is 0 Å². The van der Waals surface area contributed by atoms with E-state index in [1.54, 1.807) is 6.92 Å². The predicted molar refractivity (Wildman–Crippen MR) is 47.0 cm³/mol. The van der Waals surface area contributed by atoms with Crippen LogP contribution in [0.3, 0.4) is 0 Å². The van der Waals surface area contributed by atoms with Gasteiger partial charge in [-0.15, -0.1) is 0 Å². The number of carbonyl (C=O) groups excluding carboxylic acids is 1. The van der Waals surface area contributed by atoms with E-state index in [0.717, 1.165) is 0 Å². The van der Waals surface area contributed by atoms with Crippen LogP contribution in [-0.4, -0.2) is 18.9 Å². The summed E-state index contributed by atoms with van der Waals surface area (Å²) in [6.45, 7) is 10.0. The molecule has 0 aliphatic carbocycles. The molecule has 0 amide bonds. The largest absolute Gasteiger partial charge is 0.508 e. The first-order valence-corrected chi connectivity index (χ1v) is 4.21. The smallest absolute Gasteiger partial charge is 0.435 e. The molecule has 72 valence electrons. The molecular weight excluding hydrogens is 156 g/mol. The molecule has 0 aromatic carbocycles. The Kier molecular flexibility index (Phi) is 4.07. The molecule has 3 nitrogen and oxygen atoms in total. The standard InChI is InChI=1S/C9H18O3/c1-6-11-8(10)12-7(2)9(3,4)5/h7H,6H2,1-5H3. The molecule has 0 N–H and O–H groups in total. The van der Waals surface area contributed by atoms with E-state index < -0.39 is 6.16 Å². The van der Waals surface area contributed by atoms with Gasteiger partial charge >= 0.3 is 6.16 Å². The van der Waals surface area contributed by atoms with E-state index in [1.165, 1.54) is 0 Å². The van der Waals surface area contributed by atoms with Crippen molar-refractivity contribution in [1.82, 2.24) is 0 Å². The van der Waals surface area contributed by atoms with E-state index in [9.17, 15) is 4.79 Å². The lowest BCUT2D eigenvalue weighted by atomic mass is 9.90. The minimum Gasteiger partial charge on any atom is -0.435 e. The molecule has 1 atom stereocenters. The zero-order valence-electron chi connectivity index (χ0n) is 8.51. The average molecular weight is 174 g/mol. The second-order valence-corrected chi connectivity index (χ2v) is 3.81. The summed E-state index contributed by atoms with van der Waals surface area (Å²) in [4.78, 5) is 10.9. The van der Waals surface area contributed by atoms with E-state index in [0.29, 0.717) is 6.61 Å². The minimum absolute atomic E-state index is 0.0350. The first-order chi connectivity index (χ1) is 5.38. The van der Waals surface area contributed by atoms with Crippen LogP contribution in [0.25, 0.3) is 0 Å². The van der Waals surface area contributed by atoms with Gasteiger partial charge in [0, 0.05) is 0 Å². The van der Waals surface area contributed by atoms with Gasteiger partial charge in [0.2, 0.25) is 0 Å². The average Bonchev–Trinajstić information content (AvgIpc) is 1.85. The van der Waals surface area contributed by atoms with Crippen LogP contribution >= 0.6 is 0 Å². The fraction of sp³-hybridized carbons (Fsp3) is 0.889. The quantitative estimate of drug-likeness (QED) is 0.603. The van der Waals surface area contributed by atoms with Crippen molar-refractivity contribution in [2.75, 3.05) is 6.61 Å². The van der Waals surface area contributed by atoms with Crippen LogP contribution in [-0.2, 0) is 9.47 Å². The summed E-state index contributed by atoms with van der Waals surface area (Å²) in [5.74, 6) is 0. The highest BCUT2D eigenvalue weighted by Gasteiger charge is 2.24. The molecule has 1 unspecified atom stereocenters. The summed E-state index contributed by atoms with van der Waals surface area (Å²) in [6, 6.07) is 0. The van der Waals surface area contributed by atoms with Crippen LogP contribution in [0.2, 0.25) is 0 Å². The topological polar surface area (TPSA) is 35.5 Å². The van der Waals surface area contributed by atoms with Crippen molar-refractivity contribution in [3.05, 3.63) is 0 Å². The lowest BCUT2D eigenvalue weighted by Crippen LogP contribution is -2.28. The number of hydrogen-bond acceptors (Lipinski definition) is 3. The first kappa shape index (κ1) is 11.3. The highest BCUT2D eigenvalue weighted by molar-refractivity contribution is 5.60. The van der Waals surface area contributed by atoms with Gasteiger partial charge in [-0.3, -0.25) is 0 Å². The summed E-state index contributed by atoms with van der Waals surface area (Å²) in [5, 5.41) is 0. The van der Waals surface area contributed by atoms with Crippen molar-refractivity contribution in [2.24, 2.45) is 5.41 Å². The van der Waals surface area contributed by atoms with E-state index in [2.05, 4.69) is 4.74 Å². The highest BCUT2D eigenvalue weighted by atomic mass is 16.7. The Hall–Kier alpha value is -0.730. The lowest BCUT2D eigenvalue weighted by Gasteiger charge is -2.26. The third-order valence-electron chi connectivity index (χ3n) is 1.75. The molecule has 0 saturated carbocycles. The lowest BCUT2D eigenvalue weighted by molar-refractivity contribution is -0.00642. The Morgan fingerprint density at radius 2 is 1.92 bits per heavy atom. The maximum Gasteiger partial charge on any atom is 0.508 e. The molecule has 0 heterocycles. The van der Waals surface area contributed by atoms with Gasteiger partial charge in [0.15, 0.2) is 0 Å². The molecule has 0 aliphatic heterocycles. The first-order valence-electron chi connectivity index (χ1n) is 4.21. The molecule has 0 aliphatic rings. The Morgan fingerprint density at radius 1 is 1.42 bits per heavy atom. The second-order valence-electron chi connectivity index (χ2n) is 3.81. The zero-order valence-corrected chi connectivity index (χ0v) is 8.51. The second kappa shape index (κ2) is 4.33. The van der Waals surface area contributed by atoms with Gasteiger partial charge in [-0.1, -0.05) is 20.8 Å². The van der Waals surface area contributed by atoms with Gasteiger partial charge in [-0.25, -0.2) is 4.79 Å². The van der Waals surface area contributed by atoms with Gasteiger partial charge in [-0.05, 0) is 19.3 Å². The normalized spacial score (nSPS) is 13.8. The molecule has 0 bridgehead atoms. The molecule has 0 aromatic rings. The van der Waals surface area contributed by atoms with Crippen molar-refractivity contribution >= 4 is 6.16 Å². The fourth-order valence-corrected chi connectivity index (χ4v) is 0.473. The Bertz CT molecular complexity index is 146. The van der Waals surface area contributed by atoms with Crippen molar-refractivity contribution < 1.29 is 14.3 Å². The predicted octanol–water partition coefficient (Wildman–Crippen LogP) is 2.59. The maximum atomic E-state index is 10.9. The molecule has 3 heteroatoms. The number of rotatable bonds is 2. The SMILES string of the molecule is CCOC(=O)OC(C)C(C)(C)C. The molecule has 0 aromatic heterocycles. The minimum atomic E-state index is -0.583. The number of hydrogen-bond donors (Lipinski definition) is 0. The van der Waals surface area contributed by atoms with Crippen molar-refractivity contribution in [3.8, 4) is 0 Å². The third kappa shape index (κ3) is 4.21. The van der Waals surface area contributed by atoms with Crippen LogP contribution in [0.4, 0.5) is 4.79 Å². The van der Waals surface area contributed by atoms with Crippen LogP contribution in [0.1, 0.15) is 34.6 Å². The monoisotopic (exact) mass is 174 g/mol. The summed E-state index contributed by atoms with van der Waals surface area (Å²) < 4.78 is 9.64. The van der Waals surface area contributed by atoms with Gasteiger partial charge < -0.3 is 9.47 Å². The van der Waals surface area contributed by atoms with Crippen molar-refractivity contribution in [2.45, 2.75) is 40.7 Å². The number of ether oxygens (including phenoxy) is 2. The van der Waals surface area contributed by atoms with Crippen molar-refractivity contribution in [3.63, 3.8) is 0 Å². The molecule has 0 rings (SSSR count). The van der Waals surface area contributed by atoms with E-state index >= 15 is 0 Å². The molecule has 0 spiro atoms. The fourth-order valence-electron chi connectivity index (χ4n) is 0.473. The molecule has 0 saturated heterocycles. The van der Waals surface area contributed by atoms with Crippen LogP contribution in [0.5, 0.6) is 0 Å². The van der Waals surface area contributed by atoms with Crippen molar-refractivity contribution in [1.29, 1.82) is 0 Å². The number of carbonyl (C=O) groups is 1. The van der Waals surface area contributed by atoms with E-state index in [4.69, 9.17) is 4.74 Å². The van der Waals surface area contributed by atoms with Crippen LogP contribution in [0.15, 0.2) is 0 Å². The highest BCUT2D eigenvalue weighted by Crippen LogP contribution is 2.21. The summed E-state index contributed by atoms with van der Waals surface area (Å²) in [6.07, 6.45) is -0.712. The van der Waals surface area contributed by atoms with E-state index in [1.807, 2.05) is 27.7 Å². The van der Waals surface area contributed by atoms with E-state index in [-0.39, 0.29) is 11.5 Å². The van der Waals surface area contributed by atoms with Gasteiger partial charge in [0.25, 0.3) is 0 Å². The van der Waals surface area contributed by atoms with Crippen LogP contribution in [0, 0.1) is 5.41 Å². The Balaban J connectivity index is 3.84. The van der Waals surface area contributed by atoms with Crippen LogP contribution < -0.4 is 0 Å². The maximum absolute atomic E-state index is 10.9. The Morgan fingerprint density at radius 3 is 2.25 bits per heavy atom. The summed E-state index contributed by atoms with van der Waals surface area (Å²) in [7, 11) is 0. The van der Waals surface area contributed by atoms with Gasteiger partial charge in [0.05, 0.1) is 6.61 Å². The zero-order chi connectivity index (χ0) is 9.78. The molecular formula is C9H18O3. The third-order valence-corrected chi connectivity index (χ3v) is 1.75. The molecule has 12 heavy (non-hydrogen) atoms. The molecule has 0 radical (unpaired) electrons. The summed E-state index contributed by atoms with van der Waals surface area (Å²) in [5.41, 5.74) is -0.0350. The van der Waals surface area contributed by atoms with Gasteiger partial charge in [0.1, 0.15) is 6.10 Å².